The zero-order valence-corrected chi connectivity index (χ0v) is 11.9. The number of rotatable bonds is 5. The number of aliphatic hydroxyl groups excluding tert-OH is 1. The monoisotopic (exact) mass is 277 g/mol. The van der Waals surface area contributed by atoms with Gasteiger partial charge in [-0.1, -0.05) is 12.1 Å². The van der Waals surface area contributed by atoms with Crippen molar-refractivity contribution in [2.45, 2.75) is 32.5 Å². The van der Waals surface area contributed by atoms with E-state index in [1.165, 1.54) is 10.4 Å². The molecule has 1 heterocycles. The molecule has 102 valence electrons. The molecule has 2 atom stereocenters. The number of benzene rings is 1. The zero-order chi connectivity index (χ0) is 13.8. The summed E-state index contributed by atoms with van der Waals surface area (Å²) in [5.74, 6) is 0.214. The Morgan fingerprint density at radius 3 is 2.47 bits per heavy atom. The number of aliphatic hydroxyl groups is 1. The normalized spacial score (nSPS) is 14.3. The Kier molecular flexibility index (Phi) is 4.58. The molecular weight excluding hydrogens is 258 g/mol. The lowest BCUT2D eigenvalue weighted by Gasteiger charge is -2.20. The molecule has 0 aliphatic carbocycles. The summed E-state index contributed by atoms with van der Waals surface area (Å²) in [6.07, 6.45) is -0.583. The van der Waals surface area contributed by atoms with Crippen molar-refractivity contribution in [3.63, 3.8) is 0 Å². The van der Waals surface area contributed by atoms with Gasteiger partial charge in [0.25, 0.3) is 0 Å². The molecule has 0 aliphatic rings. The van der Waals surface area contributed by atoms with Crippen LogP contribution in [0.1, 0.15) is 29.0 Å². The topological polar surface area (TPSA) is 52.5 Å². The number of phenolic OH excluding ortho intramolecular Hbond substituents is 1. The van der Waals surface area contributed by atoms with Gasteiger partial charge in [-0.2, -0.15) is 0 Å². The molecule has 3 N–H and O–H groups in total. The highest BCUT2D eigenvalue weighted by Gasteiger charge is 2.16. The second-order valence-electron chi connectivity index (χ2n) is 4.73. The Bertz CT molecular complexity index is 521. The maximum Gasteiger partial charge on any atom is 0.115 e. The molecule has 0 spiro atoms. The molecule has 2 aromatic rings. The van der Waals surface area contributed by atoms with Crippen molar-refractivity contribution in [1.29, 1.82) is 0 Å². The third kappa shape index (κ3) is 3.56. The van der Waals surface area contributed by atoms with Crippen molar-refractivity contribution in [3.05, 3.63) is 51.7 Å². The van der Waals surface area contributed by atoms with Crippen LogP contribution in [-0.2, 0) is 6.54 Å². The minimum absolute atomic E-state index is 0.0500. The van der Waals surface area contributed by atoms with Crippen LogP contribution < -0.4 is 5.32 Å². The number of phenols is 1. The van der Waals surface area contributed by atoms with Gasteiger partial charge in [-0.3, -0.25) is 0 Å². The van der Waals surface area contributed by atoms with E-state index in [1.54, 1.807) is 35.6 Å². The average molecular weight is 277 g/mol. The second kappa shape index (κ2) is 6.19. The van der Waals surface area contributed by atoms with E-state index < -0.39 is 6.10 Å². The van der Waals surface area contributed by atoms with Crippen molar-refractivity contribution < 1.29 is 10.2 Å². The second-order valence-corrected chi connectivity index (χ2v) is 5.73. The Balaban J connectivity index is 1.94. The molecule has 2 rings (SSSR count). The van der Waals surface area contributed by atoms with Gasteiger partial charge in [0.2, 0.25) is 0 Å². The Morgan fingerprint density at radius 1 is 1.21 bits per heavy atom. The lowest BCUT2D eigenvalue weighted by Crippen LogP contribution is -2.31. The maximum absolute atomic E-state index is 10.2. The van der Waals surface area contributed by atoms with Gasteiger partial charge in [0.05, 0.1) is 6.10 Å². The summed E-state index contributed by atoms with van der Waals surface area (Å²) < 4.78 is 0. The lowest BCUT2D eigenvalue weighted by atomic mass is 10.0. The van der Waals surface area contributed by atoms with Crippen molar-refractivity contribution in [2.75, 3.05) is 0 Å². The summed E-state index contributed by atoms with van der Waals surface area (Å²) in [4.78, 5) is 1.30. The largest absolute Gasteiger partial charge is 0.508 e. The standard InChI is InChI=1S/C15H19NO2S/c1-10-7-8-19-14(10)9-16-11(2)15(18)12-3-5-13(17)6-4-12/h3-8,11,15-18H,9H2,1-2H3/t11-,15+/m1/s1. The molecule has 0 unspecified atom stereocenters. The molecule has 19 heavy (non-hydrogen) atoms. The number of hydrogen-bond acceptors (Lipinski definition) is 4. The minimum Gasteiger partial charge on any atom is -0.508 e. The average Bonchev–Trinajstić information content (AvgIpc) is 2.81. The number of hydrogen-bond donors (Lipinski definition) is 3. The van der Waals surface area contributed by atoms with E-state index in [2.05, 4.69) is 23.7 Å². The third-order valence-corrected chi connectivity index (χ3v) is 4.28. The maximum atomic E-state index is 10.2. The minimum atomic E-state index is -0.583. The fraction of sp³-hybridized carbons (Fsp3) is 0.333. The van der Waals surface area contributed by atoms with Crippen LogP contribution in [0.15, 0.2) is 35.7 Å². The third-order valence-electron chi connectivity index (χ3n) is 3.26. The van der Waals surface area contributed by atoms with E-state index in [9.17, 15) is 10.2 Å². The van der Waals surface area contributed by atoms with Crippen LogP contribution in [0.5, 0.6) is 5.75 Å². The fourth-order valence-electron chi connectivity index (χ4n) is 1.91. The number of nitrogens with one attached hydrogen (secondary N) is 1. The molecule has 0 bridgehead atoms. The van der Waals surface area contributed by atoms with Crippen LogP contribution in [0.4, 0.5) is 0 Å². The first kappa shape index (κ1) is 14.1. The van der Waals surface area contributed by atoms with E-state index in [0.717, 1.165) is 12.1 Å². The summed E-state index contributed by atoms with van der Waals surface area (Å²) in [5.41, 5.74) is 2.09. The van der Waals surface area contributed by atoms with Gasteiger partial charge in [-0.15, -0.1) is 11.3 Å². The van der Waals surface area contributed by atoms with Crippen molar-refractivity contribution in [1.82, 2.24) is 5.32 Å². The van der Waals surface area contributed by atoms with Crippen molar-refractivity contribution in [2.24, 2.45) is 0 Å². The van der Waals surface area contributed by atoms with Crippen LogP contribution in [-0.4, -0.2) is 16.3 Å². The molecule has 0 amide bonds. The van der Waals surface area contributed by atoms with E-state index in [1.807, 2.05) is 6.92 Å². The molecule has 4 heteroatoms. The van der Waals surface area contributed by atoms with Gasteiger partial charge in [-0.05, 0) is 48.6 Å². The smallest absolute Gasteiger partial charge is 0.115 e. The molecule has 1 aromatic carbocycles. The fourth-order valence-corrected chi connectivity index (χ4v) is 2.77. The Morgan fingerprint density at radius 2 is 1.89 bits per heavy atom. The first-order chi connectivity index (χ1) is 9.08. The van der Waals surface area contributed by atoms with Crippen LogP contribution >= 0.6 is 11.3 Å². The molecule has 3 nitrogen and oxygen atoms in total. The van der Waals surface area contributed by atoms with E-state index >= 15 is 0 Å². The van der Waals surface area contributed by atoms with Crippen LogP contribution in [0, 0.1) is 6.92 Å². The molecule has 0 saturated carbocycles. The van der Waals surface area contributed by atoms with E-state index in [-0.39, 0.29) is 11.8 Å². The van der Waals surface area contributed by atoms with Gasteiger partial charge in [-0.25, -0.2) is 0 Å². The predicted octanol–water partition coefficient (Wildman–Crippen LogP) is 2.97. The van der Waals surface area contributed by atoms with Crippen LogP contribution in [0.25, 0.3) is 0 Å². The lowest BCUT2D eigenvalue weighted by molar-refractivity contribution is 0.135. The van der Waals surface area contributed by atoms with E-state index in [0.29, 0.717) is 0 Å². The van der Waals surface area contributed by atoms with E-state index in [4.69, 9.17) is 0 Å². The van der Waals surface area contributed by atoms with Crippen molar-refractivity contribution in [3.8, 4) is 5.75 Å². The van der Waals surface area contributed by atoms with Crippen LogP contribution in [0.2, 0.25) is 0 Å². The quantitative estimate of drug-likeness (QED) is 0.787. The highest BCUT2D eigenvalue weighted by Crippen LogP contribution is 2.21. The summed E-state index contributed by atoms with van der Waals surface area (Å²) in [6.45, 7) is 4.81. The molecule has 0 fully saturated rings. The van der Waals surface area contributed by atoms with Gasteiger partial charge in [0.15, 0.2) is 0 Å². The summed E-state index contributed by atoms with van der Waals surface area (Å²) >= 11 is 1.72. The predicted molar refractivity (Wildman–Crippen MR) is 78.4 cm³/mol. The highest BCUT2D eigenvalue weighted by atomic mass is 32.1. The molecular formula is C15H19NO2S. The first-order valence-electron chi connectivity index (χ1n) is 6.31. The van der Waals surface area contributed by atoms with Crippen molar-refractivity contribution >= 4 is 11.3 Å². The van der Waals surface area contributed by atoms with Gasteiger partial charge in [0.1, 0.15) is 5.75 Å². The molecule has 0 saturated heterocycles. The van der Waals surface area contributed by atoms with Gasteiger partial charge in [0, 0.05) is 17.5 Å². The van der Waals surface area contributed by atoms with Crippen LogP contribution in [0.3, 0.4) is 0 Å². The number of thiophene rings is 1. The summed E-state index contributed by atoms with van der Waals surface area (Å²) in [6, 6.07) is 8.72. The first-order valence-corrected chi connectivity index (χ1v) is 7.19. The summed E-state index contributed by atoms with van der Waals surface area (Å²) in [5, 5.41) is 24.9. The number of aromatic hydroxyl groups is 1. The molecule has 0 aliphatic heterocycles. The molecule has 1 aromatic heterocycles. The van der Waals surface area contributed by atoms with Gasteiger partial charge < -0.3 is 15.5 Å². The molecule has 0 radical (unpaired) electrons. The van der Waals surface area contributed by atoms with Gasteiger partial charge >= 0.3 is 0 Å². The zero-order valence-electron chi connectivity index (χ0n) is 11.1. The Hall–Kier alpha value is -1.36. The SMILES string of the molecule is Cc1ccsc1CN[C@H](C)[C@H](O)c1ccc(O)cc1. The highest BCUT2D eigenvalue weighted by molar-refractivity contribution is 7.10. The Labute approximate surface area is 117 Å². The number of aryl methyl sites for hydroxylation is 1. The summed E-state index contributed by atoms with van der Waals surface area (Å²) in [7, 11) is 0.